The lowest BCUT2D eigenvalue weighted by Gasteiger charge is -2.18. The molecule has 0 radical (unpaired) electrons. The third kappa shape index (κ3) is 4.86. The lowest BCUT2D eigenvalue weighted by atomic mass is 10.3. The minimum absolute atomic E-state index is 0.0146. The number of likely N-dealkylation sites (N-methyl/N-ethyl adjacent to an activating group) is 1. The number of amides is 1. The molecule has 1 aromatic carbocycles. The summed E-state index contributed by atoms with van der Waals surface area (Å²) < 4.78 is 31.1. The van der Waals surface area contributed by atoms with Crippen LogP contribution < -0.4 is 10.1 Å². The second kappa shape index (κ2) is 7.80. The Morgan fingerprint density at radius 2 is 2.05 bits per heavy atom. The number of ether oxygens (including phenoxy) is 1. The first kappa shape index (κ1) is 18.7. The fourth-order valence-corrected chi connectivity index (χ4v) is 3.20. The van der Waals surface area contributed by atoms with E-state index in [0.29, 0.717) is 12.4 Å². The fraction of sp³-hybridized carbons (Fsp3) is 0.500. The summed E-state index contributed by atoms with van der Waals surface area (Å²) in [6, 6.07) is 4.17. The third-order valence-electron chi connectivity index (χ3n) is 2.73. The molecule has 1 rings (SSSR count). The summed E-state index contributed by atoms with van der Waals surface area (Å²) in [7, 11) is -2.44. The maximum absolute atomic E-state index is 12.4. The van der Waals surface area contributed by atoms with Crippen molar-refractivity contribution in [3.8, 4) is 5.75 Å². The zero-order valence-corrected chi connectivity index (χ0v) is 14.7. The standard InChI is InChI=1S/C14H21ClN2O4S/c1-5-21-13-7-6-11(8-12(13)15)22(19,20)17(4)9-14(18)16-10(2)3/h6-8,10H,5,9H2,1-4H3,(H,16,18). The van der Waals surface area contributed by atoms with E-state index in [1.54, 1.807) is 13.8 Å². The molecular weight excluding hydrogens is 328 g/mol. The molecule has 0 bridgehead atoms. The fourth-order valence-electron chi connectivity index (χ4n) is 1.75. The summed E-state index contributed by atoms with van der Waals surface area (Å²) in [6.45, 7) is 5.59. The summed E-state index contributed by atoms with van der Waals surface area (Å²) in [5.74, 6) is 0.0569. The zero-order chi connectivity index (χ0) is 16.9. The lowest BCUT2D eigenvalue weighted by Crippen LogP contribution is -2.40. The topological polar surface area (TPSA) is 75.7 Å². The molecule has 0 aliphatic carbocycles. The van der Waals surface area contributed by atoms with E-state index in [4.69, 9.17) is 16.3 Å². The molecule has 1 N–H and O–H groups in total. The number of hydrogen-bond acceptors (Lipinski definition) is 4. The van der Waals surface area contributed by atoms with Crippen LogP contribution in [-0.2, 0) is 14.8 Å². The van der Waals surface area contributed by atoms with Gasteiger partial charge in [-0.2, -0.15) is 4.31 Å². The van der Waals surface area contributed by atoms with Crippen molar-refractivity contribution in [2.24, 2.45) is 0 Å². The van der Waals surface area contributed by atoms with Gasteiger partial charge in [-0.3, -0.25) is 4.79 Å². The number of hydrogen-bond donors (Lipinski definition) is 1. The SMILES string of the molecule is CCOc1ccc(S(=O)(=O)N(C)CC(=O)NC(C)C)cc1Cl. The molecule has 124 valence electrons. The molecule has 22 heavy (non-hydrogen) atoms. The van der Waals surface area contributed by atoms with Gasteiger partial charge in [0.15, 0.2) is 0 Å². The van der Waals surface area contributed by atoms with Gasteiger partial charge in [0.05, 0.1) is 23.1 Å². The molecule has 1 aromatic rings. The molecule has 1 amide bonds. The van der Waals surface area contributed by atoms with E-state index < -0.39 is 10.0 Å². The van der Waals surface area contributed by atoms with E-state index in [1.807, 2.05) is 6.92 Å². The van der Waals surface area contributed by atoms with Crippen molar-refractivity contribution in [3.63, 3.8) is 0 Å². The second-order valence-corrected chi connectivity index (χ2v) is 7.46. The first-order valence-corrected chi connectivity index (χ1v) is 8.68. The van der Waals surface area contributed by atoms with Gasteiger partial charge in [0, 0.05) is 13.1 Å². The second-order valence-electron chi connectivity index (χ2n) is 5.01. The van der Waals surface area contributed by atoms with Crippen LogP contribution >= 0.6 is 11.6 Å². The predicted octanol–water partition coefficient (Wildman–Crippen LogP) is 1.88. The van der Waals surface area contributed by atoms with Crippen LogP contribution in [0.25, 0.3) is 0 Å². The minimum atomic E-state index is -3.79. The van der Waals surface area contributed by atoms with Crippen LogP contribution in [0.2, 0.25) is 5.02 Å². The van der Waals surface area contributed by atoms with Crippen LogP contribution in [0.3, 0.4) is 0 Å². The van der Waals surface area contributed by atoms with Crippen LogP contribution in [-0.4, -0.2) is 44.9 Å². The number of sulfonamides is 1. The third-order valence-corrected chi connectivity index (χ3v) is 4.82. The number of rotatable bonds is 7. The molecule has 0 fully saturated rings. The maximum Gasteiger partial charge on any atom is 0.243 e. The van der Waals surface area contributed by atoms with Crippen molar-refractivity contribution in [2.45, 2.75) is 31.7 Å². The van der Waals surface area contributed by atoms with Gasteiger partial charge in [-0.15, -0.1) is 0 Å². The number of nitrogens with one attached hydrogen (secondary N) is 1. The number of carbonyl (C=O) groups excluding carboxylic acids is 1. The summed E-state index contributed by atoms with van der Waals surface area (Å²) in [5, 5.41) is 2.85. The summed E-state index contributed by atoms with van der Waals surface area (Å²) >= 11 is 6.01. The Labute approximate surface area is 136 Å². The van der Waals surface area contributed by atoms with E-state index in [0.717, 1.165) is 4.31 Å². The number of nitrogens with zero attached hydrogens (tertiary/aromatic N) is 1. The van der Waals surface area contributed by atoms with Crippen LogP contribution in [0.4, 0.5) is 0 Å². The summed E-state index contributed by atoms with van der Waals surface area (Å²) in [5.41, 5.74) is 0. The normalized spacial score (nSPS) is 11.8. The highest BCUT2D eigenvalue weighted by Gasteiger charge is 2.24. The van der Waals surface area contributed by atoms with Gasteiger partial charge in [0.2, 0.25) is 15.9 Å². The molecule has 8 heteroatoms. The van der Waals surface area contributed by atoms with Crippen molar-refractivity contribution in [1.29, 1.82) is 0 Å². The van der Waals surface area contributed by atoms with Crippen LogP contribution in [0.15, 0.2) is 23.1 Å². The van der Waals surface area contributed by atoms with Gasteiger partial charge in [0.1, 0.15) is 5.75 Å². The highest BCUT2D eigenvalue weighted by Crippen LogP contribution is 2.28. The van der Waals surface area contributed by atoms with Gasteiger partial charge in [-0.25, -0.2) is 8.42 Å². The number of halogens is 1. The molecule has 0 spiro atoms. The van der Waals surface area contributed by atoms with Crippen LogP contribution in [0.5, 0.6) is 5.75 Å². The average Bonchev–Trinajstić information content (AvgIpc) is 2.39. The van der Waals surface area contributed by atoms with Gasteiger partial charge >= 0.3 is 0 Å². The van der Waals surface area contributed by atoms with E-state index in [-0.39, 0.29) is 28.4 Å². The molecule has 0 atom stereocenters. The number of benzene rings is 1. The molecule has 0 heterocycles. The van der Waals surface area contributed by atoms with Crippen molar-refractivity contribution in [3.05, 3.63) is 23.2 Å². The van der Waals surface area contributed by atoms with Gasteiger partial charge in [-0.1, -0.05) is 11.6 Å². The predicted molar refractivity (Wildman–Crippen MR) is 85.7 cm³/mol. The molecule has 0 unspecified atom stereocenters. The van der Waals surface area contributed by atoms with E-state index >= 15 is 0 Å². The molecular formula is C14H21ClN2O4S. The van der Waals surface area contributed by atoms with Gasteiger partial charge in [0.25, 0.3) is 0 Å². The molecule has 0 aromatic heterocycles. The molecule has 0 saturated heterocycles. The minimum Gasteiger partial charge on any atom is -0.492 e. The Hall–Kier alpha value is -1.31. The Morgan fingerprint density at radius 1 is 1.41 bits per heavy atom. The highest BCUT2D eigenvalue weighted by molar-refractivity contribution is 7.89. The van der Waals surface area contributed by atoms with Crippen LogP contribution in [0, 0.1) is 0 Å². The lowest BCUT2D eigenvalue weighted by molar-refractivity contribution is -0.121. The van der Waals surface area contributed by atoms with Crippen molar-refractivity contribution >= 4 is 27.5 Å². The first-order chi connectivity index (χ1) is 10.2. The zero-order valence-electron chi connectivity index (χ0n) is 13.1. The number of carbonyl (C=O) groups is 1. The van der Waals surface area contributed by atoms with Crippen molar-refractivity contribution < 1.29 is 17.9 Å². The van der Waals surface area contributed by atoms with E-state index in [2.05, 4.69) is 5.32 Å². The average molecular weight is 349 g/mol. The van der Waals surface area contributed by atoms with Crippen molar-refractivity contribution in [2.75, 3.05) is 20.2 Å². The van der Waals surface area contributed by atoms with Crippen LogP contribution in [0.1, 0.15) is 20.8 Å². The monoisotopic (exact) mass is 348 g/mol. The van der Waals surface area contributed by atoms with E-state index in [1.165, 1.54) is 25.2 Å². The summed E-state index contributed by atoms with van der Waals surface area (Å²) in [6.07, 6.45) is 0. The Balaban J connectivity index is 2.94. The highest BCUT2D eigenvalue weighted by atomic mass is 35.5. The van der Waals surface area contributed by atoms with Gasteiger partial charge < -0.3 is 10.1 Å². The summed E-state index contributed by atoms with van der Waals surface area (Å²) in [4.78, 5) is 11.7. The Morgan fingerprint density at radius 3 is 2.55 bits per heavy atom. The smallest absolute Gasteiger partial charge is 0.243 e. The molecule has 0 saturated carbocycles. The van der Waals surface area contributed by atoms with Crippen molar-refractivity contribution in [1.82, 2.24) is 9.62 Å². The Kier molecular flexibility index (Phi) is 6.65. The molecule has 0 aliphatic heterocycles. The largest absolute Gasteiger partial charge is 0.492 e. The van der Waals surface area contributed by atoms with Gasteiger partial charge in [-0.05, 0) is 39.0 Å². The molecule has 0 aliphatic rings. The quantitative estimate of drug-likeness (QED) is 0.816. The molecule has 6 nitrogen and oxygen atoms in total. The van der Waals surface area contributed by atoms with E-state index in [9.17, 15) is 13.2 Å². The first-order valence-electron chi connectivity index (χ1n) is 6.86. The Bertz CT molecular complexity index is 632. The maximum atomic E-state index is 12.4.